The van der Waals surface area contributed by atoms with E-state index in [1.54, 1.807) is 13.8 Å². The molecule has 0 fully saturated rings. The predicted octanol–water partition coefficient (Wildman–Crippen LogP) is 3.05. The molecule has 1 atom stereocenters. The predicted molar refractivity (Wildman–Crippen MR) is 89.8 cm³/mol. The Morgan fingerprint density at radius 3 is 2.30 bits per heavy atom. The number of aromatic nitrogens is 1. The quantitative estimate of drug-likeness (QED) is 0.640. The Morgan fingerprint density at radius 1 is 1.30 bits per heavy atom. The molecule has 0 spiro atoms. The molecule has 1 rings (SSSR count). The fourth-order valence-corrected chi connectivity index (χ4v) is 3.59. The highest BCUT2D eigenvalue weighted by Crippen LogP contribution is 2.26. The largest absolute Gasteiger partial charge is 0.477 e. The van der Waals surface area contributed by atoms with Crippen LogP contribution in [0.4, 0.5) is 0 Å². The molecule has 0 saturated heterocycles. The van der Waals surface area contributed by atoms with Crippen LogP contribution >= 0.6 is 11.3 Å². The third-order valence-corrected chi connectivity index (χ3v) is 5.00. The number of aliphatic hydroxyl groups is 1. The molecular formula is C16H26N2O4S. The van der Waals surface area contributed by atoms with E-state index in [1.165, 1.54) is 0 Å². The average molecular weight is 342 g/mol. The molecule has 23 heavy (non-hydrogen) atoms. The minimum absolute atomic E-state index is 0.0508. The number of carboxylic acid groups (broad SMARTS) is 1. The van der Waals surface area contributed by atoms with Crippen molar-refractivity contribution in [3.8, 4) is 0 Å². The fraction of sp³-hybridized carbons (Fsp3) is 0.688. The molecule has 0 aliphatic heterocycles. The van der Waals surface area contributed by atoms with E-state index in [1.807, 2.05) is 13.8 Å². The van der Waals surface area contributed by atoms with E-state index in [0.29, 0.717) is 23.5 Å². The van der Waals surface area contributed by atoms with Crippen LogP contribution in [0, 0.1) is 6.92 Å². The zero-order chi connectivity index (χ0) is 17.6. The topological polar surface area (TPSA) is 99.5 Å². The number of hydrogen-bond donors (Lipinski definition) is 3. The summed E-state index contributed by atoms with van der Waals surface area (Å²) in [5.74, 6) is -1.25. The highest BCUT2D eigenvalue weighted by molar-refractivity contribution is 7.13. The molecule has 130 valence electrons. The second-order valence-electron chi connectivity index (χ2n) is 5.96. The Labute approximate surface area is 140 Å². The molecule has 0 saturated carbocycles. The van der Waals surface area contributed by atoms with Crippen molar-refractivity contribution in [1.82, 2.24) is 10.3 Å². The van der Waals surface area contributed by atoms with Gasteiger partial charge in [-0.3, -0.25) is 4.79 Å². The van der Waals surface area contributed by atoms with Crippen molar-refractivity contribution in [2.75, 3.05) is 0 Å². The minimum atomic E-state index is -1.01. The number of thiazole rings is 1. The van der Waals surface area contributed by atoms with Crippen LogP contribution in [0.3, 0.4) is 0 Å². The number of hydrogen-bond acceptors (Lipinski definition) is 5. The van der Waals surface area contributed by atoms with E-state index in [0.717, 1.165) is 24.2 Å². The van der Waals surface area contributed by atoms with Crippen molar-refractivity contribution in [3.63, 3.8) is 0 Å². The summed E-state index contributed by atoms with van der Waals surface area (Å²) in [5, 5.41) is 23.0. The number of carboxylic acids is 1. The molecule has 1 heterocycles. The van der Waals surface area contributed by atoms with E-state index in [-0.39, 0.29) is 23.2 Å². The summed E-state index contributed by atoms with van der Waals surface area (Å²) < 4.78 is 0. The molecule has 1 aromatic rings. The Kier molecular flexibility index (Phi) is 7.15. The zero-order valence-electron chi connectivity index (χ0n) is 14.2. The summed E-state index contributed by atoms with van der Waals surface area (Å²) in [5.41, 5.74) is -0.523. The Hall–Kier alpha value is -1.47. The van der Waals surface area contributed by atoms with Gasteiger partial charge in [0, 0.05) is 0 Å². The van der Waals surface area contributed by atoms with Gasteiger partial charge in [0.15, 0.2) is 0 Å². The number of amides is 1. The lowest BCUT2D eigenvalue weighted by atomic mass is 9.89. The Morgan fingerprint density at radius 2 is 1.87 bits per heavy atom. The second kappa shape index (κ2) is 8.40. The number of carbonyl (C=O) groups is 2. The number of aromatic carboxylic acids is 1. The fourth-order valence-electron chi connectivity index (χ4n) is 2.69. The number of aryl methyl sites for hydroxylation is 1. The van der Waals surface area contributed by atoms with Gasteiger partial charge in [0.1, 0.15) is 9.88 Å². The van der Waals surface area contributed by atoms with Crippen LogP contribution in [0.5, 0.6) is 0 Å². The van der Waals surface area contributed by atoms with Gasteiger partial charge in [-0.15, -0.1) is 11.3 Å². The van der Waals surface area contributed by atoms with E-state index in [4.69, 9.17) is 5.11 Å². The highest BCUT2D eigenvalue weighted by atomic mass is 32.1. The number of carbonyl (C=O) groups excluding carboxylic acids is 1. The van der Waals surface area contributed by atoms with Gasteiger partial charge in [0.2, 0.25) is 5.91 Å². The molecule has 1 amide bonds. The monoisotopic (exact) mass is 342 g/mol. The van der Waals surface area contributed by atoms with Gasteiger partial charge in [-0.2, -0.15) is 0 Å². The Bertz CT molecular complexity index is 550. The maximum absolute atomic E-state index is 12.2. The van der Waals surface area contributed by atoms with Crippen LogP contribution in [-0.2, 0) is 4.79 Å². The van der Waals surface area contributed by atoms with Crippen molar-refractivity contribution in [3.05, 3.63) is 15.6 Å². The maximum Gasteiger partial charge on any atom is 0.347 e. The van der Waals surface area contributed by atoms with Crippen LogP contribution in [0.15, 0.2) is 0 Å². The first kappa shape index (κ1) is 19.6. The van der Waals surface area contributed by atoms with E-state index >= 15 is 0 Å². The standard InChI is InChI=1S/C16H26N2O4S/c1-5-7-16(22,8-6-2)9-12(19)17-11(4)14-18-10(3)13(23-14)15(20)21/h11,22H,5-9H2,1-4H3,(H,17,19)(H,20,21). The molecule has 6 nitrogen and oxygen atoms in total. The highest BCUT2D eigenvalue weighted by Gasteiger charge is 2.29. The van der Waals surface area contributed by atoms with Crippen molar-refractivity contribution in [2.45, 2.75) is 71.4 Å². The molecule has 0 radical (unpaired) electrons. The molecular weight excluding hydrogens is 316 g/mol. The van der Waals surface area contributed by atoms with E-state index in [2.05, 4.69) is 10.3 Å². The van der Waals surface area contributed by atoms with Gasteiger partial charge < -0.3 is 15.5 Å². The van der Waals surface area contributed by atoms with Crippen LogP contribution in [0.25, 0.3) is 0 Å². The smallest absolute Gasteiger partial charge is 0.347 e. The zero-order valence-corrected chi connectivity index (χ0v) is 15.0. The first-order chi connectivity index (χ1) is 10.7. The van der Waals surface area contributed by atoms with Gasteiger partial charge >= 0.3 is 5.97 Å². The summed E-state index contributed by atoms with van der Waals surface area (Å²) >= 11 is 1.07. The van der Waals surface area contributed by atoms with Gasteiger partial charge in [0.05, 0.1) is 23.8 Å². The van der Waals surface area contributed by atoms with E-state index in [9.17, 15) is 14.7 Å². The molecule has 7 heteroatoms. The van der Waals surface area contributed by atoms with Crippen LogP contribution in [0.1, 0.15) is 79.3 Å². The first-order valence-electron chi connectivity index (χ1n) is 7.94. The molecule has 0 bridgehead atoms. The number of rotatable bonds is 9. The van der Waals surface area contributed by atoms with Gasteiger partial charge in [-0.1, -0.05) is 26.7 Å². The summed E-state index contributed by atoms with van der Waals surface area (Å²) in [6.07, 6.45) is 2.85. The van der Waals surface area contributed by atoms with Crippen molar-refractivity contribution in [1.29, 1.82) is 0 Å². The molecule has 0 aromatic carbocycles. The van der Waals surface area contributed by atoms with Crippen LogP contribution in [0.2, 0.25) is 0 Å². The van der Waals surface area contributed by atoms with Crippen LogP contribution in [-0.4, -0.2) is 32.7 Å². The lowest BCUT2D eigenvalue weighted by Crippen LogP contribution is -2.37. The minimum Gasteiger partial charge on any atom is -0.477 e. The van der Waals surface area contributed by atoms with Crippen LogP contribution < -0.4 is 5.32 Å². The lowest BCUT2D eigenvalue weighted by molar-refractivity contribution is -0.127. The molecule has 0 aliphatic carbocycles. The lowest BCUT2D eigenvalue weighted by Gasteiger charge is -2.27. The number of nitrogens with zero attached hydrogens (tertiary/aromatic N) is 1. The maximum atomic E-state index is 12.2. The average Bonchev–Trinajstić information content (AvgIpc) is 2.81. The molecule has 3 N–H and O–H groups in total. The van der Waals surface area contributed by atoms with Gasteiger partial charge in [-0.25, -0.2) is 9.78 Å². The third-order valence-electron chi connectivity index (χ3n) is 3.68. The SMILES string of the molecule is CCCC(O)(CCC)CC(=O)NC(C)c1nc(C)c(C(=O)O)s1. The molecule has 1 aromatic heterocycles. The van der Waals surface area contributed by atoms with Gasteiger partial charge in [-0.05, 0) is 26.7 Å². The number of nitrogens with one attached hydrogen (secondary N) is 1. The first-order valence-corrected chi connectivity index (χ1v) is 8.76. The van der Waals surface area contributed by atoms with Crippen molar-refractivity contribution < 1.29 is 19.8 Å². The van der Waals surface area contributed by atoms with Crippen molar-refractivity contribution in [2.24, 2.45) is 0 Å². The summed E-state index contributed by atoms with van der Waals surface area (Å²) in [6, 6.07) is -0.383. The normalized spacial score (nSPS) is 12.9. The molecule has 1 unspecified atom stereocenters. The Balaban J connectivity index is 2.72. The summed E-state index contributed by atoms with van der Waals surface area (Å²) in [7, 11) is 0. The van der Waals surface area contributed by atoms with Crippen molar-refractivity contribution >= 4 is 23.2 Å². The summed E-state index contributed by atoms with van der Waals surface area (Å²) in [6.45, 7) is 7.36. The molecule has 0 aliphatic rings. The van der Waals surface area contributed by atoms with E-state index < -0.39 is 11.6 Å². The second-order valence-corrected chi connectivity index (χ2v) is 6.99. The van der Waals surface area contributed by atoms with Gasteiger partial charge in [0.25, 0.3) is 0 Å². The third kappa shape index (κ3) is 5.58. The summed E-state index contributed by atoms with van der Waals surface area (Å²) in [4.78, 5) is 27.7.